The molecule has 0 radical (unpaired) electrons. The van der Waals surface area contributed by atoms with Gasteiger partial charge in [-0.15, -0.1) is 0 Å². The molecule has 2 saturated carbocycles. The van der Waals surface area contributed by atoms with Crippen molar-refractivity contribution in [1.82, 2.24) is 0 Å². The second-order valence-electron chi connectivity index (χ2n) is 13.0. The van der Waals surface area contributed by atoms with E-state index in [1.54, 1.807) is 0 Å². The zero-order valence-electron chi connectivity index (χ0n) is 28.9. The zero-order chi connectivity index (χ0) is 34.7. The Balaban J connectivity index is 0.000000386. The standard InChI is InChI=1S/C23H32O.C7H10.C7H8.C5H7F3/c1-5-6-7-8-22(19(4)23-15-18(23)3)12-9-17(2)21-13-10-20(16-24)11-14-21;1-6-3-4-7(2)5-6;1-7-5-3-2-4-6-7;1-4(2)3-5(6,7)8/h10-11,13-14,16,18,22-23H,2,4-9,12,15H2,1,3H3;1-5H2;2-6H,1H3;1,3H2,2H3. The van der Waals surface area contributed by atoms with Gasteiger partial charge in [-0.25, -0.2) is 0 Å². The monoisotopic (exact) mass is 634 g/mol. The number of carbonyl (C=O) groups excluding carboxylic acids is 1. The average molecular weight is 635 g/mol. The SMILES string of the molecule is C=C(C)CC(F)(F)F.C=C(CCC(CCCCC)C(=C)C1CC1C)c1ccc(C=O)cc1.C=C1CCC(=C)C1.Cc1ccccc1. The first-order valence-electron chi connectivity index (χ1n) is 16.6. The van der Waals surface area contributed by atoms with E-state index in [2.05, 4.69) is 65.8 Å². The van der Waals surface area contributed by atoms with Gasteiger partial charge >= 0.3 is 6.18 Å². The third kappa shape index (κ3) is 18.5. The van der Waals surface area contributed by atoms with Crippen LogP contribution in [0.5, 0.6) is 0 Å². The molecule has 0 saturated heterocycles. The van der Waals surface area contributed by atoms with Gasteiger partial charge in [0.1, 0.15) is 6.29 Å². The number of rotatable bonds is 12. The molecule has 0 aliphatic heterocycles. The van der Waals surface area contributed by atoms with Crippen LogP contribution >= 0.6 is 0 Å². The lowest BCUT2D eigenvalue weighted by Gasteiger charge is -2.20. The van der Waals surface area contributed by atoms with Gasteiger partial charge in [-0.3, -0.25) is 4.79 Å². The van der Waals surface area contributed by atoms with Gasteiger partial charge in [0, 0.05) is 5.56 Å². The maximum absolute atomic E-state index is 11.2. The van der Waals surface area contributed by atoms with Crippen molar-refractivity contribution in [3.05, 3.63) is 126 Å². The highest BCUT2D eigenvalue weighted by molar-refractivity contribution is 5.76. The van der Waals surface area contributed by atoms with Crippen molar-refractivity contribution in [3.63, 3.8) is 0 Å². The van der Waals surface area contributed by atoms with Crippen molar-refractivity contribution in [3.8, 4) is 0 Å². The van der Waals surface area contributed by atoms with Crippen LogP contribution in [-0.4, -0.2) is 12.5 Å². The number of alkyl halides is 3. The van der Waals surface area contributed by atoms with Crippen LogP contribution in [0.25, 0.3) is 5.57 Å². The van der Waals surface area contributed by atoms with Crippen molar-refractivity contribution >= 4 is 11.9 Å². The number of halogens is 3. The number of hydrogen-bond donors (Lipinski definition) is 0. The van der Waals surface area contributed by atoms with Crippen LogP contribution in [0, 0.1) is 24.7 Å². The summed E-state index contributed by atoms with van der Waals surface area (Å²) in [7, 11) is 0. The van der Waals surface area contributed by atoms with E-state index in [4.69, 9.17) is 0 Å². The third-order valence-electron chi connectivity index (χ3n) is 8.29. The maximum Gasteiger partial charge on any atom is 0.392 e. The molecule has 2 aromatic carbocycles. The summed E-state index contributed by atoms with van der Waals surface area (Å²) < 4.78 is 33.7. The number of benzene rings is 2. The molecule has 2 fully saturated rings. The molecule has 1 nitrogen and oxygen atoms in total. The molecule has 0 spiro atoms. The van der Waals surface area contributed by atoms with Crippen molar-refractivity contribution in [2.45, 2.75) is 105 Å². The minimum Gasteiger partial charge on any atom is -0.298 e. The van der Waals surface area contributed by atoms with Crippen LogP contribution in [0.3, 0.4) is 0 Å². The molecule has 2 aromatic rings. The zero-order valence-corrected chi connectivity index (χ0v) is 28.9. The van der Waals surface area contributed by atoms with Gasteiger partial charge in [0.2, 0.25) is 0 Å². The molecule has 0 N–H and O–H groups in total. The minimum absolute atomic E-state index is 0.150. The van der Waals surface area contributed by atoms with E-state index in [9.17, 15) is 18.0 Å². The summed E-state index contributed by atoms with van der Waals surface area (Å²) in [4.78, 5) is 10.8. The van der Waals surface area contributed by atoms with Crippen molar-refractivity contribution in [2.75, 3.05) is 0 Å². The van der Waals surface area contributed by atoms with Gasteiger partial charge in [0.15, 0.2) is 0 Å². The largest absolute Gasteiger partial charge is 0.392 e. The lowest BCUT2D eigenvalue weighted by atomic mass is 9.85. The van der Waals surface area contributed by atoms with Crippen LogP contribution in [0.1, 0.15) is 113 Å². The third-order valence-corrected chi connectivity index (χ3v) is 8.29. The Kier molecular flexibility index (Phi) is 18.9. The van der Waals surface area contributed by atoms with E-state index in [0.717, 1.165) is 48.5 Å². The molecule has 252 valence electrons. The van der Waals surface area contributed by atoms with E-state index >= 15 is 0 Å². The molecule has 4 rings (SSSR count). The average Bonchev–Trinajstić information content (AvgIpc) is 3.61. The topological polar surface area (TPSA) is 17.1 Å². The van der Waals surface area contributed by atoms with Crippen LogP contribution in [0.4, 0.5) is 13.2 Å². The Hall–Kier alpha value is -3.40. The summed E-state index contributed by atoms with van der Waals surface area (Å²) in [5.41, 5.74) is 8.71. The van der Waals surface area contributed by atoms with Gasteiger partial charge < -0.3 is 0 Å². The van der Waals surface area contributed by atoms with Crippen molar-refractivity contribution in [2.24, 2.45) is 17.8 Å². The molecule has 2 aliphatic rings. The molecule has 4 heteroatoms. The summed E-state index contributed by atoms with van der Waals surface area (Å²) in [6.45, 7) is 27.6. The number of aryl methyl sites for hydroxylation is 1. The molecular weight excluding hydrogens is 577 g/mol. The lowest BCUT2D eigenvalue weighted by Crippen LogP contribution is -2.07. The van der Waals surface area contributed by atoms with E-state index in [1.807, 2.05) is 42.5 Å². The summed E-state index contributed by atoms with van der Waals surface area (Å²) in [5, 5.41) is 0. The van der Waals surface area contributed by atoms with E-state index in [-0.39, 0.29) is 5.57 Å². The second-order valence-corrected chi connectivity index (χ2v) is 13.0. The van der Waals surface area contributed by atoms with Crippen LogP contribution < -0.4 is 0 Å². The Morgan fingerprint density at radius 3 is 1.85 bits per heavy atom. The van der Waals surface area contributed by atoms with Gasteiger partial charge in [-0.2, -0.15) is 13.2 Å². The number of unbranched alkanes of at least 4 members (excludes halogenated alkanes) is 2. The van der Waals surface area contributed by atoms with Crippen molar-refractivity contribution < 1.29 is 18.0 Å². The molecular formula is C42H57F3O. The van der Waals surface area contributed by atoms with Gasteiger partial charge in [-0.05, 0) is 87.7 Å². The highest BCUT2D eigenvalue weighted by Gasteiger charge is 2.37. The van der Waals surface area contributed by atoms with Crippen molar-refractivity contribution in [1.29, 1.82) is 0 Å². The number of allylic oxidation sites excluding steroid dienone is 5. The fraction of sp³-hybridized carbons (Fsp3) is 0.452. The Labute approximate surface area is 278 Å². The van der Waals surface area contributed by atoms with Gasteiger partial charge in [0.05, 0.1) is 6.42 Å². The number of aldehydes is 1. The minimum atomic E-state index is -4.08. The predicted octanol–water partition coefficient (Wildman–Crippen LogP) is 13.5. The number of carbonyl (C=O) groups is 1. The molecule has 3 unspecified atom stereocenters. The van der Waals surface area contributed by atoms with Crippen LogP contribution in [0.15, 0.2) is 110 Å². The molecule has 3 atom stereocenters. The Bertz CT molecular complexity index is 1240. The first-order valence-corrected chi connectivity index (χ1v) is 16.6. The smallest absolute Gasteiger partial charge is 0.298 e. The molecule has 0 bridgehead atoms. The Morgan fingerprint density at radius 1 is 0.935 bits per heavy atom. The maximum atomic E-state index is 11.2. The molecule has 0 amide bonds. The first-order chi connectivity index (χ1) is 21.7. The molecule has 0 heterocycles. The predicted molar refractivity (Wildman–Crippen MR) is 193 cm³/mol. The summed E-state index contributed by atoms with van der Waals surface area (Å²) in [5.74, 6) is 2.24. The summed E-state index contributed by atoms with van der Waals surface area (Å²) >= 11 is 0. The fourth-order valence-corrected chi connectivity index (χ4v) is 5.35. The van der Waals surface area contributed by atoms with E-state index < -0.39 is 12.6 Å². The lowest BCUT2D eigenvalue weighted by molar-refractivity contribution is -0.126. The summed E-state index contributed by atoms with van der Waals surface area (Å²) in [6, 6.07) is 18.0. The second kappa shape index (κ2) is 21.4. The molecule has 0 aromatic heterocycles. The fourth-order valence-electron chi connectivity index (χ4n) is 5.35. The van der Waals surface area contributed by atoms with E-state index in [0.29, 0.717) is 5.92 Å². The summed E-state index contributed by atoms with van der Waals surface area (Å²) in [6.07, 6.45) is 8.05. The van der Waals surface area contributed by atoms with E-state index in [1.165, 1.54) is 79.7 Å². The highest BCUT2D eigenvalue weighted by Crippen LogP contribution is 2.47. The number of hydrogen-bond acceptors (Lipinski definition) is 1. The van der Waals surface area contributed by atoms with Crippen LogP contribution in [-0.2, 0) is 0 Å². The van der Waals surface area contributed by atoms with Crippen LogP contribution in [0.2, 0.25) is 0 Å². The van der Waals surface area contributed by atoms with Gasteiger partial charge in [-0.1, -0.05) is 148 Å². The van der Waals surface area contributed by atoms with Gasteiger partial charge in [0.25, 0.3) is 0 Å². The normalized spacial score (nSPS) is 17.2. The first kappa shape index (κ1) is 40.6. The molecule has 46 heavy (non-hydrogen) atoms. The highest BCUT2D eigenvalue weighted by atomic mass is 19.4. The quantitative estimate of drug-likeness (QED) is 0.129. The molecule has 2 aliphatic carbocycles. The Morgan fingerprint density at radius 2 is 1.50 bits per heavy atom.